The number of rotatable bonds is 26. The van der Waals surface area contributed by atoms with Crippen molar-refractivity contribution in [1.82, 2.24) is 49.9 Å². The molecule has 5 aliphatic rings. The van der Waals surface area contributed by atoms with Gasteiger partial charge in [0.15, 0.2) is 0 Å². The number of likely N-dealkylation sites (tertiary alicyclic amines) is 1. The van der Waals surface area contributed by atoms with Crippen molar-refractivity contribution in [2.24, 2.45) is 5.41 Å². The number of amides is 5. The summed E-state index contributed by atoms with van der Waals surface area (Å²) in [5.41, 5.74) is 9.47. The van der Waals surface area contributed by atoms with E-state index < -0.39 is 60.9 Å². The lowest BCUT2D eigenvalue weighted by molar-refractivity contribution is -0.384. The molecule has 570 valence electrons. The Morgan fingerprint density at radius 3 is 2.30 bits per heavy atom. The molecule has 8 heterocycles. The Bertz CT molecular complexity index is 4550. The van der Waals surface area contributed by atoms with Gasteiger partial charge in [0.05, 0.1) is 68.1 Å². The normalized spacial score (nSPS) is 18.7. The molecule has 7 aromatic rings. The number of hydrogen-bond acceptors (Lipinski definition) is 20. The molecule has 6 N–H and O–H groups in total. The molecule has 0 radical (unpaired) electrons. The number of pyridine rings is 1. The fraction of sp³-hybridized carbons (Fsp3) is 0.474. The van der Waals surface area contributed by atoms with E-state index in [1.54, 1.807) is 29.1 Å². The molecule has 0 aliphatic carbocycles. The molecule has 0 bridgehead atoms. The number of carbonyl (C=O) groups is 5. The Labute approximate surface area is 633 Å². The third kappa shape index (κ3) is 18.9. The maximum absolute atomic E-state index is 14.7. The lowest BCUT2D eigenvalue weighted by atomic mass is 9.85. The largest absolute Gasteiger partial charge is 0.476 e. The number of aromatic amines is 1. The van der Waals surface area contributed by atoms with E-state index in [0.717, 1.165) is 70.5 Å². The van der Waals surface area contributed by atoms with Gasteiger partial charge < -0.3 is 55.1 Å². The highest BCUT2D eigenvalue weighted by Gasteiger charge is 2.45. The van der Waals surface area contributed by atoms with Gasteiger partial charge >= 0.3 is 0 Å². The highest BCUT2D eigenvalue weighted by atomic mass is 35.5. The summed E-state index contributed by atoms with van der Waals surface area (Å²) in [6.07, 6.45) is 5.00. The number of H-pyrrole nitrogens is 1. The van der Waals surface area contributed by atoms with Crippen LogP contribution in [0.3, 0.4) is 0 Å². The van der Waals surface area contributed by atoms with Gasteiger partial charge in [0.2, 0.25) is 29.5 Å². The number of nitro groups is 1. The summed E-state index contributed by atoms with van der Waals surface area (Å²) in [6.45, 7) is 21.7. The molecule has 29 heteroatoms. The van der Waals surface area contributed by atoms with Gasteiger partial charge in [-0.15, -0.1) is 11.3 Å². The first-order valence-electron chi connectivity index (χ1n) is 36.9. The number of benzene rings is 4. The Hall–Kier alpha value is -9.03. The van der Waals surface area contributed by atoms with E-state index in [0.29, 0.717) is 139 Å². The van der Waals surface area contributed by atoms with Crippen LogP contribution in [0.5, 0.6) is 5.88 Å². The van der Waals surface area contributed by atoms with Gasteiger partial charge in [0.1, 0.15) is 29.1 Å². The van der Waals surface area contributed by atoms with Gasteiger partial charge in [-0.25, -0.2) is 18.1 Å². The SMILES string of the molecule is Cc1ncsc1-c1ccc([C@H](C)NC(=O)[C@@H]2C[C@@H](O)CN2C(=O)[C@@H](NC(=O)CCCCCC(=O)N2CCN(CCCNc3ccc(S(=O)(=O)NC(=O)c4ccc(N5CCN(CC6=C(c7ccc(Cl)cc7)CC(C)(C)OC6)CC5)cc4N4CCCOc5nc6[nH]ccc6cc54)cc3[N+](=O)[O-])CC2)C(C)(C)C)cc1. The summed E-state index contributed by atoms with van der Waals surface area (Å²) in [7, 11) is -4.69. The van der Waals surface area contributed by atoms with Crippen LogP contribution < -0.4 is 35.2 Å². The number of unbranched alkanes of at least 4 members (excludes halogenated alkanes) is 2. The second-order valence-corrected chi connectivity index (χ2v) is 33.1. The van der Waals surface area contributed by atoms with Crippen molar-refractivity contribution in [2.75, 3.05) is 113 Å². The molecular formula is C78H97ClN14O12S2. The van der Waals surface area contributed by atoms with Crippen LogP contribution in [0.15, 0.2) is 119 Å². The number of anilines is 4. The highest BCUT2D eigenvalue weighted by Crippen LogP contribution is 2.42. The first-order chi connectivity index (χ1) is 51.1. The Morgan fingerprint density at radius 2 is 1.58 bits per heavy atom. The van der Waals surface area contributed by atoms with E-state index in [2.05, 4.69) is 71.3 Å². The molecule has 107 heavy (non-hydrogen) atoms. The zero-order chi connectivity index (χ0) is 75.9. The van der Waals surface area contributed by atoms with E-state index in [1.165, 1.54) is 28.2 Å². The number of halogens is 1. The molecule has 4 aromatic carbocycles. The lowest BCUT2D eigenvalue weighted by Gasteiger charge is -2.39. The number of nitro benzene ring substituents is 1. The summed E-state index contributed by atoms with van der Waals surface area (Å²) >= 11 is 7.85. The zero-order valence-corrected chi connectivity index (χ0v) is 64.2. The number of thiazole rings is 1. The van der Waals surface area contributed by atoms with E-state index in [-0.39, 0.29) is 60.0 Å². The number of piperazine rings is 2. The monoisotopic (exact) mass is 1520 g/mol. The number of aliphatic hydroxyl groups is 1. The number of aliphatic hydroxyl groups excluding tert-OH is 1. The van der Waals surface area contributed by atoms with Crippen LogP contribution in [0.4, 0.5) is 28.4 Å². The van der Waals surface area contributed by atoms with Crippen molar-refractivity contribution in [3.05, 3.63) is 152 Å². The van der Waals surface area contributed by atoms with Crippen molar-refractivity contribution in [3.8, 4) is 16.3 Å². The molecule has 26 nitrogen and oxygen atoms in total. The maximum atomic E-state index is 14.7. The van der Waals surface area contributed by atoms with Crippen molar-refractivity contribution in [1.29, 1.82) is 0 Å². The fourth-order valence-electron chi connectivity index (χ4n) is 14.8. The number of hydrogen-bond donors (Lipinski definition) is 6. The first kappa shape index (κ1) is 77.6. The van der Waals surface area contributed by atoms with Crippen LogP contribution in [0, 0.1) is 22.5 Å². The number of aryl methyl sites for hydroxylation is 1. The second kappa shape index (κ2) is 33.6. The molecule has 4 atom stereocenters. The molecule has 0 unspecified atom stereocenters. The molecule has 5 aliphatic heterocycles. The van der Waals surface area contributed by atoms with Crippen LogP contribution in [0.25, 0.3) is 27.0 Å². The number of ether oxygens (including phenoxy) is 2. The highest BCUT2D eigenvalue weighted by molar-refractivity contribution is 7.90. The summed E-state index contributed by atoms with van der Waals surface area (Å²) in [5.74, 6) is -1.70. The van der Waals surface area contributed by atoms with Crippen molar-refractivity contribution < 1.29 is 51.9 Å². The van der Waals surface area contributed by atoms with E-state index in [9.17, 15) is 47.6 Å². The Balaban J connectivity index is 0.598. The molecule has 12 rings (SSSR count). The number of nitrogens with zero attached hydrogens (tertiary/aromatic N) is 9. The van der Waals surface area contributed by atoms with Gasteiger partial charge in [-0.3, -0.25) is 43.9 Å². The summed E-state index contributed by atoms with van der Waals surface area (Å²) < 4.78 is 43.3. The Morgan fingerprint density at radius 1 is 0.850 bits per heavy atom. The molecule has 3 saturated heterocycles. The third-order valence-electron chi connectivity index (χ3n) is 20.8. The fourth-order valence-corrected chi connectivity index (χ4v) is 16.7. The molecule has 5 amide bonds. The molecular weight excluding hydrogens is 1420 g/mol. The predicted molar refractivity (Wildman–Crippen MR) is 415 cm³/mol. The molecule has 0 saturated carbocycles. The average Bonchev–Trinajstić information content (AvgIpc) is 1.77. The number of aromatic nitrogens is 3. The summed E-state index contributed by atoms with van der Waals surface area (Å²) in [5, 5.41) is 33.9. The van der Waals surface area contributed by atoms with Gasteiger partial charge in [0.25, 0.3) is 21.6 Å². The van der Waals surface area contributed by atoms with E-state index >= 15 is 0 Å². The molecule has 3 aromatic heterocycles. The number of fused-ring (bicyclic) bond motifs is 2. The number of β-amino-alcohol motifs (C(OH)–C–C–N with tert-alkyl or cyclic N) is 1. The van der Waals surface area contributed by atoms with Crippen molar-refractivity contribution in [2.45, 2.75) is 141 Å². The van der Waals surface area contributed by atoms with Gasteiger partial charge in [-0.05, 0) is 148 Å². The average molecular weight is 1520 g/mol. The second-order valence-electron chi connectivity index (χ2n) is 30.2. The van der Waals surface area contributed by atoms with Crippen LogP contribution in [0.2, 0.25) is 5.02 Å². The minimum Gasteiger partial charge on any atom is -0.476 e. The predicted octanol–water partition coefficient (Wildman–Crippen LogP) is 10.6. The van der Waals surface area contributed by atoms with E-state index in [1.807, 2.05) is 105 Å². The molecule has 3 fully saturated rings. The smallest absolute Gasteiger partial charge is 0.293 e. The Kier molecular flexibility index (Phi) is 24.4. The third-order valence-corrected chi connectivity index (χ3v) is 23.4. The number of sulfonamides is 1. The van der Waals surface area contributed by atoms with E-state index in [4.69, 9.17) is 26.1 Å². The minimum atomic E-state index is -4.69. The van der Waals surface area contributed by atoms with Gasteiger partial charge in [-0.2, -0.15) is 4.98 Å². The quantitative estimate of drug-likeness (QED) is 0.0167. The van der Waals surface area contributed by atoms with Gasteiger partial charge in [0, 0.05) is 133 Å². The standard InChI is InChI=1S/C78H97ClN14O12S2/c1-50(52-15-17-54(18-16-52)70-51(2)82-49-106-70)83-74(98)66-43-59(94)47-92(66)76(99)71(77(3,4)5)84-68(95)13-9-8-10-14-69(96)90-38-32-87(33-39-90)30-11-28-80-63-26-24-60(44-65(63)93(100)101)107(102,103)86-73(97)61-25-23-58(42-64(61)91-31-12-40-104-75-67(91)41-55-27-29-81-72(55)85-75)89-36-34-88(35-37-89)46-56-48-105-78(6,7)45-62(56)53-19-21-57(79)22-20-53/h15-27,29,41-42,44,49-50,59,66,71,80,94H,8-14,28,30-40,43,45-48H2,1-7H3,(H,81,85)(H,83,98)(H,84,95)(H,86,97)/t50-,59+,66-,71+/m0/s1. The summed E-state index contributed by atoms with van der Waals surface area (Å²) in [6, 6.07) is 26.3. The minimum absolute atomic E-state index is 0.0208. The number of carbonyl (C=O) groups excluding carboxylic acids is 5. The van der Waals surface area contributed by atoms with Crippen LogP contribution in [-0.2, 0) is 33.9 Å². The zero-order valence-electron chi connectivity index (χ0n) is 61.8. The lowest BCUT2D eigenvalue weighted by Crippen LogP contribution is -2.57. The number of nitrogens with one attached hydrogen (secondary N) is 5. The van der Waals surface area contributed by atoms with Crippen LogP contribution in [0.1, 0.15) is 133 Å². The van der Waals surface area contributed by atoms with Gasteiger partial charge in [-0.1, -0.05) is 75.2 Å². The van der Waals surface area contributed by atoms with Crippen molar-refractivity contribution >= 4 is 108 Å². The summed E-state index contributed by atoms with van der Waals surface area (Å²) in [4.78, 5) is 106. The van der Waals surface area contributed by atoms with Crippen molar-refractivity contribution in [3.63, 3.8) is 0 Å². The molecule has 0 spiro atoms. The maximum Gasteiger partial charge on any atom is 0.293 e. The van der Waals surface area contributed by atoms with Crippen LogP contribution in [-0.4, -0.2) is 205 Å². The first-order valence-corrected chi connectivity index (χ1v) is 39.7. The van der Waals surface area contributed by atoms with Crippen LogP contribution >= 0.6 is 22.9 Å². The topological polar surface area (TPSA) is 310 Å².